The monoisotopic (exact) mass is 317 g/mol. The Balaban J connectivity index is 1.99. The van der Waals surface area contributed by atoms with E-state index >= 15 is 0 Å². The summed E-state index contributed by atoms with van der Waals surface area (Å²) in [4.78, 5) is 24.0. The fourth-order valence-corrected chi connectivity index (χ4v) is 1.78. The summed E-state index contributed by atoms with van der Waals surface area (Å²) in [5.41, 5.74) is 0.674. The number of carbonyl (C=O) groups excluding carboxylic acids is 2. The third-order valence-corrected chi connectivity index (χ3v) is 2.87. The van der Waals surface area contributed by atoms with E-state index < -0.39 is 12.1 Å². The Bertz CT molecular complexity index is 674. The number of tetrazole rings is 1. The quantitative estimate of drug-likeness (QED) is 0.848. The van der Waals surface area contributed by atoms with Gasteiger partial charge in [-0.1, -0.05) is 0 Å². The number of carbonyl (C=O) groups is 2. The van der Waals surface area contributed by atoms with Crippen molar-refractivity contribution in [1.82, 2.24) is 25.5 Å². The molecule has 0 fully saturated rings. The molecule has 8 heteroatoms. The smallest absolute Gasteiger partial charge is 0.338 e. The Morgan fingerprint density at radius 1 is 1.22 bits per heavy atom. The molecule has 0 saturated heterocycles. The van der Waals surface area contributed by atoms with Crippen LogP contribution in [-0.2, 0) is 9.53 Å². The maximum atomic E-state index is 12.1. The van der Waals surface area contributed by atoms with Gasteiger partial charge < -0.3 is 10.1 Å². The predicted octanol–water partition coefficient (Wildman–Crippen LogP) is 1.12. The summed E-state index contributed by atoms with van der Waals surface area (Å²) in [7, 11) is 0. The number of nitrogens with one attached hydrogen (secondary N) is 1. The van der Waals surface area contributed by atoms with Crippen molar-refractivity contribution < 1.29 is 14.3 Å². The number of aromatic nitrogens is 4. The lowest BCUT2D eigenvalue weighted by atomic mass is 10.1. The number of nitrogens with zero attached hydrogens (tertiary/aromatic N) is 4. The lowest BCUT2D eigenvalue weighted by Gasteiger charge is -2.23. The van der Waals surface area contributed by atoms with Gasteiger partial charge in [-0.2, -0.15) is 0 Å². The van der Waals surface area contributed by atoms with E-state index in [9.17, 15) is 9.59 Å². The van der Waals surface area contributed by atoms with Gasteiger partial charge in [0, 0.05) is 5.54 Å². The maximum absolute atomic E-state index is 12.1. The molecule has 8 nitrogen and oxygen atoms in total. The summed E-state index contributed by atoms with van der Waals surface area (Å²) < 4.78 is 6.64. The van der Waals surface area contributed by atoms with Crippen molar-refractivity contribution in [2.75, 3.05) is 0 Å². The summed E-state index contributed by atoms with van der Waals surface area (Å²) in [6.45, 7) is 7.11. The molecule has 0 bridgehead atoms. The molecule has 0 aliphatic heterocycles. The van der Waals surface area contributed by atoms with E-state index in [1.165, 1.54) is 17.9 Å². The lowest BCUT2D eigenvalue weighted by molar-refractivity contribution is -0.130. The van der Waals surface area contributed by atoms with Gasteiger partial charge in [-0.05, 0) is 62.4 Å². The molecule has 0 radical (unpaired) electrons. The molecule has 0 saturated carbocycles. The lowest BCUT2D eigenvalue weighted by Crippen LogP contribution is -2.46. The Kier molecular flexibility index (Phi) is 4.73. The largest absolute Gasteiger partial charge is 0.449 e. The highest BCUT2D eigenvalue weighted by atomic mass is 16.5. The summed E-state index contributed by atoms with van der Waals surface area (Å²) in [5.74, 6) is -0.902. The third-order valence-electron chi connectivity index (χ3n) is 2.87. The van der Waals surface area contributed by atoms with Gasteiger partial charge in [0.2, 0.25) is 0 Å². The van der Waals surface area contributed by atoms with Crippen LogP contribution in [-0.4, -0.2) is 43.7 Å². The molecule has 0 spiro atoms. The van der Waals surface area contributed by atoms with E-state index in [4.69, 9.17) is 4.74 Å². The van der Waals surface area contributed by atoms with Crippen LogP contribution in [0.1, 0.15) is 38.1 Å². The van der Waals surface area contributed by atoms with Crippen LogP contribution >= 0.6 is 0 Å². The van der Waals surface area contributed by atoms with Crippen molar-refractivity contribution >= 4 is 11.9 Å². The highest BCUT2D eigenvalue weighted by molar-refractivity contribution is 5.92. The van der Waals surface area contributed by atoms with Crippen LogP contribution < -0.4 is 5.32 Å². The van der Waals surface area contributed by atoms with Crippen molar-refractivity contribution in [3.05, 3.63) is 36.2 Å². The fourth-order valence-electron chi connectivity index (χ4n) is 1.78. The molecule has 0 aliphatic carbocycles. The molecule has 1 aromatic heterocycles. The van der Waals surface area contributed by atoms with Gasteiger partial charge in [0.1, 0.15) is 6.33 Å². The first-order valence-corrected chi connectivity index (χ1v) is 7.13. The Labute approximate surface area is 133 Å². The molecular weight excluding hydrogens is 298 g/mol. The third kappa shape index (κ3) is 4.60. The topological polar surface area (TPSA) is 99.0 Å². The van der Waals surface area contributed by atoms with Gasteiger partial charge in [0.25, 0.3) is 5.91 Å². The average Bonchev–Trinajstić information content (AvgIpc) is 2.99. The van der Waals surface area contributed by atoms with Gasteiger partial charge >= 0.3 is 5.97 Å². The summed E-state index contributed by atoms with van der Waals surface area (Å²) in [6.07, 6.45) is 0.576. The van der Waals surface area contributed by atoms with Crippen molar-refractivity contribution in [2.24, 2.45) is 0 Å². The number of rotatable bonds is 4. The highest BCUT2D eigenvalue weighted by Gasteiger charge is 2.22. The Hall–Kier alpha value is -2.77. The van der Waals surface area contributed by atoms with Gasteiger partial charge in [0.15, 0.2) is 6.10 Å². The summed E-state index contributed by atoms with van der Waals surface area (Å²) >= 11 is 0. The zero-order valence-corrected chi connectivity index (χ0v) is 13.5. The van der Waals surface area contributed by atoms with Crippen LogP contribution in [0.15, 0.2) is 30.6 Å². The highest BCUT2D eigenvalue weighted by Crippen LogP contribution is 2.10. The minimum atomic E-state index is -0.874. The van der Waals surface area contributed by atoms with Crippen LogP contribution in [0.4, 0.5) is 0 Å². The second kappa shape index (κ2) is 6.55. The minimum Gasteiger partial charge on any atom is -0.449 e. The van der Waals surface area contributed by atoms with E-state index in [-0.39, 0.29) is 11.4 Å². The Morgan fingerprint density at radius 3 is 2.39 bits per heavy atom. The first-order chi connectivity index (χ1) is 10.8. The van der Waals surface area contributed by atoms with Gasteiger partial charge in [-0.25, -0.2) is 9.48 Å². The molecule has 23 heavy (non-hydrogen) atoms. The number of amides is 1. The summed E-state index contributed by atoms with van der Waals surface area (Å²) in [5, 5.41) is 13.6. The van der Waals surface area contributed by atoms with Gasteiger partial charge in [0.05, 0.1) is 11.3 Å². The number of esters is 1. The van der Waals surface area contributed by atoms with Gasteiger partial charge in [-0.3, -0.25) is 4.79 Å². The summed E-state index contributed by atoms with van der Waals surface area (Å²) in [6, 6.07) is 6.56. The number of benzene rings is 1. The van der Waals surface area contributed by atoms with Crippen molar-refractivity contribution in [3.8, 4) is 5.69 Å². The van der Waals surface area contributed by atoms with Crippen LogP contribution in [0.2, 0.25) is 0 Å². The Morgan fingerprint density at radius 2 is 1.87 bits per heavy atom. The van der Waals surface area contributed by atoms with E-state index in [1.54, 1.807) is 24.3 Å². The second-order valence-electron chi connectivity index (χ2n) is 6.09. The van der Waals surface area contributed by atoms with Gasteiger partial charge in [-0.15, -0.1) is 5.10 Å². The van der Waals surface area contributed by atoms with Crippen molar-refractivity contribution in [3.63, 3.8) is 0 Å². The van der Waals surface area contributed by atoms with Crippen LogP contribution in [0.3, 0.4) is 0 Å². The van der Waals surface area contributed by atoms with E-state index in [0.29, 0.717) is 11.3 Å². The first kappa shape index (κ1) is 16.6. The normalized spacial score (nSPS) is 12.5. The average molecular weight is 317 g/mol. The SMILES string of the molecule is C[C@H](OC(=O)c1ccc(-n2cnnn2)cc1)C(=O)NC(C)(C)C. The molecule has 1 atom stereocenters. The van der Waals surface area contributed by atoms with Crippen LogP contribution in [0.25, 0.3) is 5.69 Å². The van der Waals surface area contributed by atoms with Crippen molar-refractivity contribution in [2.45, 2.75) is 39.3 Å². The molecule has 2 rings (SSSR count). The first-order valence-electron chi connectivity index (χ1n) is 7.13. The van der Waals surface area contributed by atoms with Crippen LogP contribution in [0, 0.1) is 0 Å². The molecule has 1 N–H and O–H groups in total. The minimum absolute atomic E-state index is 0.337. The maximum Gasteiger partial charge on any atom is 0.338 e. The molecule has 1 aromatic carbocycles. The molecule has 1 amide bonds. The molecule has 0 aliphatic rings. The van der Waals surface area contributed by atoms with Crippen LogP contribution in [0.5, 0.6) is 0 Å². The van der Waals surface area contributed by atoms with E-state index in [1.807, 2.05) is 20.8 Å². The number of hydrogen-bond donors (Lipinski definition) is 1. The zero-order valence-electron chi connectivity index (χ0n) is 13.5. The van der Waals surface area contributed by atoms with Crippen molar-refractivity contribution in [1.29, 1.82) is 0 Å². The fraction of sp³-hybridized carbons (Fsp3) is 0.400. The molecular formula is C15H19N5O3. The number of hydrogen-bond acceptors (Lipinski definition) is 6. The van der Waals surface area contributed by atoms with E-state index in [2.05, 4.69) is 20.8 Å². The molecule has 122 valence electrons. The standard InChI is InChI=1S/C15H19N5O3/c1-10(13(21)17-15(2,3)4)23-14(22)11-5-7-12(8-6-11)20-9-16-18-19-20/h5-10H,1-4H3,(H,17,21)/t10-/m0/s1. The molecule has 0 unspecified atom stereocenters. The zero-order chi connectivity index (χ0) is 17.0. The molecule has 1 heterocycles. The van der Waals surface area contributed by atoms with E-state index in [0.717, 1.165) is 0 Å². The molecule has 2 aromatic rings. The predicted molar refractivity (Wildman–Crippen MR) is 81.9 cm³/mol. The number of ether oxygens (including phenoxy) is 1. The second-order valence-corrected chi connectivity index (χ2v) is 6.09.